The third kappa shape index (κ3) is 5.55. The molecule has 2 N–H and O–H groups in total. The minimum Gasteiger partial charge on any atom is -0.463 e. The lowest BCUT2D eigenvalue weighted by atomic mass is 10.1. The van der Waals surface area contributed by atoms with Crippen LogP contribution in [0.3, 0.4) is 0 Å². The summed E-state index contributed by atoms with van der Waals surface area (Å²) < 4.78 is 11.9. The van der Waals surface area contributed by atoms with Gasteiger partial charge in [0.15, 0.2) is 0 Å². The van der Waals surface area contributed by atoms with Gasteiger partial charge in [-0.1, -0.05) is 13.8 Å². The zero-order valence-electron chi connectivity index (χ0n) is 12.7. The molecule has 0 aliphatic rings. The molecule has 0 saturated carbocycles. The summed E-state index contributed by atoms with van der Waals surface area (Å²) in [6, 6.07) is 1.56. The number of aryl methyl sites for hydroxylation is 1. The number of rotatable bonds is 8. The van der Waals surface area contributed by atoms with Gasteiger partial charge in [0.25, 0.3) is 0 Å². The predicted molar refractivity (Wildman–Crippen MR) is 78.7 cm³/mol. The van der Waals surface area contributed by atoms with Gasteiger partial charge in [0, 0.05) is 19.9 Å². The summed E-state index contributed by atoms with van der Waals surface area (Å²) in [6.07, 6.45) is 2.60. The zero-order valence-corrected chi connectivity index (χ0v) is 12.7. The van der Waals surface area contributed by atoms with Gasteiger partial charge in [0.2, 0.25) is 0 Å². The van der Waals surface area contributed by atoms with Crippen molar-refractivity contribution >= 4 is 11.8 Å². The van der Waals surface area contributed by atoms with E-state index in [0.717, 1.165) is 6.42 Å². The third-order valence-electron chi connectivity index (χ3n) is 3.35. The average Bonchev–Trinajstić information content (AvgIpc) is 2.47. The molecule has 2 atom stereocenters. The maximum absolute atomic E-state index is 11.6. The van der Waals surface area contributed by atoms with Gasteiger partial charge in [-0.05, 0) is 18.9 Å². The number of nitrogen functional groups attached to an aromatic ring is 1. The lowest BCUT2D eigenvalue weighted by Gasteiger charge is -2.17. The monoisotopic (exact) mass is 297 g/mol. The van der Waals surface area contributed by atoms with E-state index in [1.807, 2.05) is 13.8 Å². The van der Waals surface area contributed by atoms with Crippen LogP contribution in [0.15, 0.2) is 17.1 Å². The number of hydrogen-bond acceptors (Lipinski definition) is 6. The van der Waals surface area contributed by atoms with Crippen molar-refractivity contribution < 1.29 is 14.3 Å². The SMILES string of the molecule is CCC(C)C(=O)OCC(CCn1ccc(N)nc1=O)OC. The Labute approximate surface area is 124 Å². The number of carbonyl (C=O) groups is 1. The smallest absolute Gasteiger partial charge is 0.349 e. The van der Waals surface area contributed by atoms with E-state index in [9.17, 15) is 9.59 Å². The van der Waals surface area contributed by atoms with Crippen LogP contribution in [-0.4, -0.2) is 35.3 Å². The number of nitrogens with two attached hydrogens (primary N) is 1. The van der Waals surface area contributed by atoms with Crippen LogP contribution in [0.4, 0.5) is 5.82 Å². The molecule has 7 heteroatoms. The van der Waals surface area contributed by atoms with E-state index in [1.54, 1.807) is 19.4 Å². The number of nitrogens with zero attached hydrogens (tertiary/aromatic N) is 2. The molecule has 2 unspecified atom stereocenters. The highest BCUT2D eigenvalue weighted by Crippen LogP contribution is 2.06. The van der Waals surface area contributed by atoms with Gasteiger partial charge in [-0.25, -0.2) is 4.79 Å². The number of hydrogen-bond donors (Lipinski definition) is 1. The number of carbonyl (C=O) groups excluding carboxylic acids is 1. The molecule has 1 heterocycles. The Kier molecular flexibility index (Phi) is 6.87. The third-order valence-corrected chi connectivity index (χ3v) is 3.35. The van der Waals surface area contributed by atoms with Crippen LogP contribution >= 0.6 is 0 Å². The zero-order chi connectivity index (χ0) is 15.8. The Bertz CT molecular complexity index is 515. The molecule has 0 saturated heterocycles. The van der Waals surface area contributed by atoms with Gasteiger partial charge in [0.1, 0.15) is 12.4 Å². The average molecular weight is 297 g/mol. The van der Waals surface area contributed by atoms with Crippen molar-refractivity contribution in [2.75, 3.05) is 19.5 Å². The van der Waals surface area contributed by atoms with Crippen molar-refractivity contribution in [3.8, 4) is 0 Å². The number of anilines is 1. The van der Waals surface area contributed by atoms with Crippen LogP contribution in [0.25, 0.3) is 0 Å². The maximum atomic E-state index is 11.6. The van der Waals surface area contributed by atoms with Crippen molar-refractivity contribution in [3.63, 3.8) is 0 Å². The summed E-state index contributed by atoms with van der Waals surface area (Å²) in [5.74, 6) is -0.153. The van der Waals surface area contributed by atoms with Gasteiger partial charge >= 0.3 is 11.7 Å². The lowest BCUT2D eigenvalue weighted by molar-refractivity contribution is -0.151. The summed E-state index contributed by atoms with van der Waals surface area (Å²) in [6.45, 7) is 4.35. The lowest BCUT2D eigenvalue weighted by Crippen LogP contribution is -2.28. The van der Waals surface area contributed by atoms with Gasteiger partial charge in [-0.15, -0.1) is 0 Å². The second-order valence-corrected chi connectivity index (χ2v) is 4.91. The molecule has 21 heavy (non-hydrogen) atoms. The van der Waals surface area contributed by atoms with Crippen molar-refractivity contribution in [1.82, 2.24) is 9.55 Å². The number of methoxy groups -OCH3 is 1. The molecular weight excluding hydrogens is 274 g/mol. The van der Waals surface area contributed by atoms with E-state index < -0.39 is 5.69 Å². The molecule has 118 valence electrons. The first kappa shape index (κ1) is 17.2. The minimum atomic E-state index is -0.401. The number of esters is 1. The fourth-order valence-electron chi connectivity index (χ4n) is 1.65. The molecule has 7 nitrogen and oxygen atoms in total. The molecule has 0 aromatic carbocycles. The summed E-state index contributed by atoms with van der Waals surface area (Å²) in [7, 11) is 1.55. The van der Waals surface area contributed by atoms with Crippen LogP contribution < -0.4 is 11.4 Å². The molecule has 1 rings (SSSR count). The van der Waals surface area contributed by atoms with Crippen LogP contribution in [0.2, 0.25) is 0 Å². The Morgan fingerprint density at radius 2 is 2.24 bits per heavy atom. The first-order valence-corrected chi connectivity index (χ1v) is 7.00. The van der Waals surface area contributed by atoms with E-state index >= 15 is 0 Å². The number of ether oxygens (including phenoxy) is 2. The van der Waals surface area contributed by atoms with Gasteiger partial charge in [0.05, 0.1) is 12.0 Å². The second-order valence-electron chi connectivity index (χ2n) is 4.91. The topological polar surface area (TPSA) is 96.4 Å². The van der Waals surface area contributed by atoms with Crippen LogP contribution in [0.1, 0.15) is 26.7 Å². The predicted octanol–water partition coefficient (Wildman–Crippen LogP) is 0.820. The van der Waals surface area contributed by atoms with Crippen molar-refractivity contribution in [2.45, 2.75) is 39.3 Å². The van der Waals surface area contributed by atoms with Gasteiger partial charge in [-0.2, -0.15) is 4.98 Å². The van der Waals surface area contributed by atoms with Crippen LogP contribution in [-0.2, 0) is 20.8 Å². The van der Waals surface area contributed by atoms with E-state index in [2.05, 4.69) is 4.98 Å². The molecule has 0 amide bonds. The van der Waals surface area contributed by atoms with Gasteiger partial charge in [-0.3, -0.25) is 9.36 Å². The molecule has 1 aromatic rings. The quantitative estimate of drug-likeness (QED) is 0.714. The molecule has 1 aromatic heterocycles. The van der Waals surface area contributed by atoms with E-state index in [1.165, 1.54) is 4.57 Å². The molecule has 0 fully saturated rings. The fourth-order valence-corrected chi connectivity index (χ4v) is 1.65. The van der Waals surface area contributed by atoms with E-state index in [0.29, 0.717) is 13.0 Å². The summed E-state index contributed by atoms with van der Waals surface area (Å²) in [5.41, 5.74) is 5.02. The van der Waals surface area contributed by atoms with Crippen molar-refractivity contribution in [1.29, 1.82) is 0 Å². The molecule has 0 bridgehead atoms. The van der Waals surface area contributed by atoms with E-state index in [4.69, 9.17) is 15.2 Å². The first-order valence-electron chi connectivity index (χ1n) is 7.00. The normalized spacial score (nSPS) is 13.7. The first-order chi connectivity index (χ1) is 9.97. The second kappa shape index (κ2) is 8.41. The van der Waals surface area contributed by atoms with Gasteiger partial charge < -0.3 is 15.2 Å². The molecular formula is C14H23N3O4. The molecule has 0 spiro atoms. The van der Waals surface area contributed by atoms with Crippen LogP contribution in [0, 0.1) is 5.92 Å². The fraction of sp³-hybridized carbons (Fsp3) is 0.643. The molecule has 0 aliphatic carbocycles. The maximum Gasteiger partial charge on any atom is 0.349 e. The highest BCUT2D eigenvalue weighted by Gasteiger charge is 2.15. The molecule has 0 aliphatic heterocycles. The van der Waals surface area contributed by atoms with E-state index in [-0.39, 0.29) is 30.4 Å². The largest absolute Gasteiger partial charge is 0.463 e. The Morgan fingerprint density at radius 3 is 2.81 bits per heavy atom. The van der Waals surface area contributed by atoms with Crippen molar-refractivity contribution in [2.24, 2.45) is 5.92 Å². The summed E-state index contributed by atoms with van der Waals surface area (Å²) in [4.78, 5) is 26.8. The summed E-state index contributed by atoms with van der Waals surface area (Å²) in [5, 5.41) is 0. The Balaban J connectivity index is 2.47. The highest BCUT2D eigenvalue weighted by molar-refractivity contribution is 5.71. The number of aromatic nitrogens is 2. The summed E-state index contributed by atoms with van der Waals surface area (Å²) >= 11 is 0. The van der Waals surface area contributed by atoms with Crippen LogP contribution in [0.5, 0.6) is 0 Å². The Morgan fingerprint density at radius 1 is 1.52 bits per heavy atom. The highest BCUT2D eigenvalue weighted by atomic mass is 16.6. The Hall–Kier alpha value is -1.89. The minimum absolute atomic E-state index is 0.119. The molecule has 0 radical (unpaired) electrons. The van der Waals surface area contributed by atoms with Crippen molar-refractivity contribution in [3.05, 3.63) is 22.7 Å². The standard InChI is InChI=1S/C14H23N3O4/c1-4-10(2)13(18)21-9-11(20-3)5-7-17-8-6-12(15)16-14(17)19/h6,8,10-11H,4-5,7,9H2,1-3H3,(H2,15,16,19).